The summed E-state index contributed by atoms with van der Waals surface area (Å²) in [4.78, 5) is 28.5. The van der Waals surface area contributed by atoms with E-state index in [4.69, 9.17) is 4.42 Å². The van der Waals surface area contributed by atoms with Crippen LogP contribution in [0.4, 0.5) is 0 Å². The van der Waals surface area contributed by atoms with Crippen molar-refractivity contribution >= 4 is 11.8 Å². The van der Waals surface area contributed by atoms with Crippen molar-refractivity contribution < 1.29 is 14.0 Å². The van der Waals surface area contributed by atoms with E-state index in [-0.39, 0.29) is 18.4 Å². The summed E-state index contributed by atoms with van der Waals surface area (Å²) in [5, 5.41) is 2.61. The SMILES string of the molecule is CNC(=O)c1ccc(CN(C)CC(=O)N(Cc2ccccc2)Cc2ccco2)cc1. The molecule has 156 valence electrons. The minimum Gasteiger partial charge on any atom is -0.467 e. The van der Waals surface area contributed by atoms with Gasteiger partial charge in [0.15, 0.2) is 0 Å². The number of likely N-dealkylation sites (N-methyl/N-ethyl adjacent to an activating group) is 1. The molecule has 6 nitrogen and oxygen atoms in total. The number of benzene rings is 2. The fraction of sp³-hybridized carbons (Fsp3) is 0.250. The normalized spacial score (nSPS) is 10.8. The topological polar surface area (TPSA) is 65.8 Å². The molecule has 0 spiro atoms. The van der Waals surface area contributed by atoms with Crippen molar-refractivity contribution in [1.29, 1.82) is 0 Å². The summed E-state index contributed by atoms with van der Waals surface area (Å²) in [6, 6.07) is 21.1. The van der Waals surface area contributed by atoms with E-state index in [0.717, 1.165) is 16.9 Å². The summed E-state index contributed by atoms with van der Waals surface area (Å²) < 4.78 is 5.45. The van der Waals surface area contributed by atoms with Gasteiger partial charge in [0, 0.05) is 25.7 Å². The van der Waals surface area contributed by atoms with Crippen LogP contribution in [0.5, 0.6) is 0 Å². The summed E-state index contributed by atoms with van der Waals surface area (Å²) in [6.07, 6.45) is 1.62. The van der Waals surface area contributed by atoms with Crippen LogP contribution in [0.25, 0.3) is 0 Å². The highest BCUT2D eigenvalue weighted by Gasteiger charge is 2.18. The summed E-state index contributed by atoms with van der Waals surface area (Å²) in [7, 11) is 3.53. The molecule has 2 aromatic carbocycles. The highest BCUT2D eigenvalue weighted by atomic mass is 16.3. The molecule has 0 aliphatic carbocycles. The van der Waals surface area contributed by atoms with Crippen molar-refractivity contribution in [1.82, 2.24) is 15.1 Å². The molecule has 30 heavy (non-hydrogen) atoms. The minimum absolute atomic E-state index is 0.0275. The smallest absolute Gasteiger partial charge is 0.251 e. The van der Waals surface area contributed by atoms with Crippen molar-refractivity contribution in [2.45, 2.75) is 19.6 Å². The van der Waals surface area contributed by atoms with Crippen molar-refractivity contribution in [3.05, 3.63) is 95.4 Å². The molecule has 2 amide bonds. The Labute approximate surface area is 177 Å². The summed E-state index contributed by atoms with van der Waals surface area (Å²) in [6.45, 7) is 1.84. The van der Waals surface area contributed by atoms with Gasteiger partial charge in [-0.25, -0.2) is 0 Å². The van der Waals surface area contributed by atoms with E-state index in [1.165, 1.54) is 0 Å². The van der Waals surface area contributed by atoms with Crippen LogP contribution in [0.1, 0.15) is 27.2 Å². The number of nitrogens with one attached hydrogen (secondary N) is 1. The van der Waals surface area contributed by atoms with Gasteiger partial charge < -0.3 is 14.6 Å². The van der Waals surface area contributed by atoms with Gasteiger partial charge in [-0.3, -0.25) is 14.5 Å². The van der Waals surface area contributed by atoms with Crippen molar-refractivity contribution in [2.75, 3.05) is 20.6 Å². The molecule has 1 N–H and O–H groups in total. The first-order valence-electron chi connectivity index (χ1n) is 9.89. The number of rotatable bonds is 9. The highest BCUT2D eigenvalue weighted by molar-refractivity contribution is 5.93. The van der Waals surface area contributed by atoms with Crippen LogP contribution < -0.4 is 5.32 Å². The van der Waals surface area contributed by atoms with Gasteiger partial charge in [0.2, 0.25) is 5.91 Å². The predicted octanol–water partition coefficient (Wildman–Crippen LogP) is 3.30. The summed E-state index contributed by atoms with van der Waals surface area (Å²) in [5.41, 5.74) is 2.73. The van der Waals surface area contributed by atoms with E-state index in [9.17, 15) is 9.59 Å². The Bertz CT molecular complexity index is 938. The molecule has 0 fully saturated rings. The molecule has 0 aliphatic rings. The van der Waals surface area contributed by atoms with Gasteiger partial charge in [0.1, 0.15) is 5.76 Å². The van der Waals surface area contributed by atoms with Crippen molar-refractivity contribution in [3.8, 4) is 0 Å². The number of hydrogen-bond donors (Lipinski definition) is 1. The van der Waals surface area contributed by atoms with Crippen molar-refractivity contribution in [3.63, 3.8) is 0 Å². The maximum atomic E-state index is 13.0. The Morgan fingerprint density at radius 3 is 2.20 bits per heavy atom. The molecule has 1 aromatic heterocycles. The first kappa shape index (κ1) is 21.3. The third-order valence-electron chi connectivity index (χ3n) is 4.80. The Morgan fingerprint density at radius 2 is 1.57 bits per heavy atom. The van der Waals surface area contributed by atoms with Crippen LogP contribution >= 0.6 is 0 Å². The Morgan fingerprint density at radius 1 is 0.867 bits per heavy atom. The van der Waals surface area contributed by atoms with Crippen molar-refractivity contribution in [2.24, 2.45) is 0 Å². The first-order chi connectivity index (χ1) is 14.5. The quantitative estimate of drug-likeness (QED) is 0.593. The van der Waals surface area contributed by atoms with Gasteiger partial charge in [-0.1, -0.05) is 42.5 Å². The number of carbonyl (C=O) groups excluding carboxylic acids is 2. The lowest BCUT2D eigenvalue weighted by atomic mass is 10.1. The van der Waals surface area contributed by atoms with Crippen LogP contribution in [0.2, 0.25) is 0 Å². The fourth-order valence-electron chi connectivity index (χ4n) is 3.23. The number of nitrogens with zero attached hydrogens (tertiary/aromatic N) is 2. The molecule has 0 aliphatic heterocycles. The Kier molecular flexibility index (Phi) is 7.40. The molecule has 3 rings (SSSR count). The van der Waals surface area contributed by atoms with Crippen LogP contribution in [0.15, 0.2) is 77.4 Å². The van der Waals surface area contributed by atoms with E-state index in [1.54, 1.807) is 30.3 Å². The first-order valence-corrected chi connectivity index (χ1v) is 9.89. The summed E-state index contributed by atoms with van der Waals surface area (Å²) in [5.74, 6) is 0.672. The van der Waals surface area contributed by atoms with E-state index in [2.05, 4.69) is 5.32 Å². The molecule has 0 unspecified atom stereocenters. The summed E-state index contributed by atoms with van der Waals surface area (Å²) >= 11 is 0. The standard InChI is InChI=1S/C24H27N3O3/c1-25-24(29)21-12-10-20(11-13-21)15-26(2)18-23(28)27(17-22-9-6-14-30-22)16-19-7-4-3-5-8-19/h3-14H,15-18H2,1-2H3,(H,25,29). The van der Waals surface area contributed by atoms with Gasteiger partial charge in [-0.05, 0) is 42.4 Å². The monoisotopic (exact) mass is 405 g/mol. The number of carbonyl (C=O) groups is 2. The highest BCUT2D eigenvalue weighted by Crippen LogP contribution is 2.12. The zero-order chi connectivity index (χ0) is 21.3. The molecule has 3 aromatic rings. The predicted molar refractivity (Wildman–Crippen MR) is 116 cm³/mol. The average molecular weight is 405 g/mol. The van der Waals surface area contributed by atoms with Gasteiger partial charge in [-0.2, -0.15) is 0 Å². The molecular weight excluding hydrogens is 378 g/mol. The van der Waals surface area contributed by atoms with Gasteiger partial charge in [0.05, 0.1) is 19.4 Å². The molecule has 6 heteroatoms. The average Bonchev–Trinajstić information content (AvgIpc) is 3.27. The molecule has 0 radical (unpaired) electrons. The van der Waals surface area contributed by atoms with E-state index in [1.807, 2.05) is 66.5 Å². The second kappa shape index (κ2) is 10.4. The Balaban J connectivity index is 1.62. The van der Waals surface area contributed by atoms with E-state index in [0.29, 0.717) is 25.2 Å². The van der Waals surface area contributed by atoms with Gasteiger partial charge in [0.25, 0.3) is 5.91 Å². The third kappa shape index (κ3) is 6.06. The maximum Gasteiger partial charge on any atom is 0.251 e. The molecule has 0 bridgehead atoms. The lowest BCUT2D eigenvalue weighted by Crippen LogP contribution is -2.38. The fourth-order valence-corrected chi connectivity index (χ4v) is 3.23. The zero-order valence-electron chi connectivity index (χ0n) is 17.4. The second-order valence-corrected chi connectivity index (χ2v) is 7.26. The zero-order valence-corrected chi connectivity index (χ0v) is 17.4. The minimum atomic E-state index is -0.112. The lowest BCUT2D eigenvalue weighted by molar-refractivity contribution is -0.133. The third-order valence-corrected chi connectivity index (χ3v) is 4.80. The lowest BCUT2D eigenvalue weighted by Gasteiger charge is -2.25. The molecular formula is C24H27N3O3. The van der Waals surface area contributed by atoms with Crippen LogP contribution in [-0.4, -0.2) is 42.3 Å². The molecule has 0 saturated heterocycles. The van der Waals surface area contributed by atoms with Crippen LogP contribution in [0, 0.1) is 0 Å². The molecule has 0 atom stereocenters. The largest absolute Gasteiger partial charge is 0.467 e. The number of amides is 2. The maximum absolute atomic E-state index is 13.0. The van der Waals surface area contributed by atoms with Gasteiger partial charge >= 0.3 is 0 Å². The Hall–Kier alpha value is -3.38. The molecule has 0 saturated carbocycles. The van der Waals surface area contributed by atoms with E-state index < -0.39 is 0 Å². The van der Waals surface area contributed by atoms with Crippen LogP contribution in [-0.2, 0) is 24.4 Å². The van der Waals surface area contributed by atoms with Crippen LogP contribution in [0.3, 0.4) is 0 Å². The number of furan rings is 1. The number of hydrogen-bond acceptors (Lipinski definition) is 4. The van der Waals surface area contributed by atoms with E-state index >= 15 is 0 Å². The second-order valence-electron chi connectivity index (χ2n) is 7.26. The molecule has 1 heterocycles. The van der Waals surface area contributed by atoms with Gasteiger partial charge in [-0.15, -0.1) is 0 Å².